The average molecular weight is 384 g/mol. The molecule has 6 nitrogen and oxygen atoms in total. The molecule has 2 aromatic carbocycles. The van der Waals surface area contributed by atoms with Crippen molar-refractivity contribution in [2.24, 2.45) is 0 Å². The van der Waals surface area contributed by atoms with Crippen LogP contribution in [0, 0.1) is 13.8 Å². The third kappa shape index (κ3) is 5.10. The van der Waals surface area contributed by atoms with Crippen LogP contribution in [-0.4, -0.2) is 30.1 Å². The lowest BCUT2D eigenvalue weighted by molar-refractivity contribution is -0.119. The predicted octanol–water partition coefficient (Wildman–Crippen LogP) is 3.53. The molecular weight excluding hydrogens is 364 g/mol. The van der Waals surface area contributed by atoms with Crippen LogP contribution in [0.15, 0.2) is 41.3 Å². The van der Waals surface area contributed by atoms with E-state index in [2.05, 4.69) is 10.6 Å². The number of carbonyl (C=O) groups is 3. The van der Waals surface area contributed by atoms with Gasteiger partial charge in [0, 0.05) is 22.8 Å². The van der Waals surface area contributed by atoms with Gasteiger partial charge in [0.25, 0.3) is 5.91 Å². The van der Waals surface area contributed by atoms with Crippen molar-refractivity contribution in [1.29, 1.82) is 0 Å². The number of amides is 2. The second-order valence-electron chi connectivity index (χ2n) is 6.36. The Morgan fingerprint density at radius 1 is 1.15 bits per heavy atom. The summed E-state index contributed by atoms with van der Waals surface area (Å²) in [5, 5.41) is 5.50. The van der Waals surface area contributed by atoms with E-state index in [-0.39, 0.29) is 18.1 Å². The molecule has 0 saturated heterocycles. The van der Waals surface area contributed by atoms with E-state index in [0.717, 1.165) is 16.0 Å². The Morgan fingerprint density at radius 2 is 1.89 bits per heavy atom. The number of benzene rings is 2. The first kappa shape index (κ1) is 19.0. The third-order valence-corrected chi connectivity index (χ3v) is 4.99. The van der Waals surface area contributed by atoms with Crippen LogP contribution < -0.4 is 10.6 Å². The second kappa shape index (κ2) is 8.26. The van der Waals surface area contributed by atoms with Crippen LogP contribution in [0.2, 0.25) is 0 Å². The highest BCUT2D eigenvalue weighted by Crippen LogP contribution is 2.31. The highest BCUT2D eigenvalue weighted by Gasteiger charge is 2.17. The Morgan fingerprint density at radius 3 is 2.63 bits per heavy atom. The highest BCUT2D eigenvalue weighted by molar-refractivity contribution is 7.99. The molecule has 140 valence electrons. The van der Waals surface area contributed by atoms with Crippen LogP contribution in [0.25, 0.3) is 0 Å². The number of aryl methyl sites for hydroxylation is 2. The van der Waals surface area contributed by atoms with Gasteiger partial charge < -0.3 is 15.4 Å². The minimum absolute atomic E-state index is 0.0837. The monoisotopic (exact) mass is 384 g/mol. The molecule has 0 bridgehead atoms. The maximum absolute atomic E-state index is 12.2. The Hall–Kier alpha value is -2.80. The summed E-state index contributed by atoms with van der Waals surface area (Å²) >= 11 is 1.56. The summed E-state index contributed by atoms with van der Waals surface area (Å²) in [5.41, 5.74) is 3.62. The molecule has 0 fully saturated rings. The lowest BCUT2D eigenvalue weighted by atomic mass is 10.1. The van der Waals surface area contributed by atoms with Crippen molar-refractivity contribution in [3.8, 4) is 0 Å². The lowest BCUT2D eigenvalue weighted by Gasteiger charge is -2.10. The fourth-order valence-electron chi connectivity index (χ4n) is 2.81. The van der Waals surface area contributed by atoms with Crippen LogP contribution in [0.4, 0.5) is 11.4 Å². The van der Waals surface area contributed by atoms with Gasteiger partial charge in [-0.15, -0.1) is 11.8 Å². The number of fused-ring (bicyclic) bond motifs is 1. The van der Waals surface area contributed by atoms with Crippen LogP contribution in [0.1, 0.15) is 27.9 Å². The van der Waals surface area contributed by atoms with Gasteiger partial charge in [0.2, 0.25) is 5.91 Å². The molecule has 2 N–H and O–H groups in total. The first-order chi connectivity index (χ1) is 12.9. The van der Waals surface area contributed by atoms with E-state index in [1.807, 2.05) is 32.0 Å². The molecule has 2 amide bonds. The summed E-state index contributed by atoms with van der Waals surface area (Å²) < 4.78 is 5.10. The average Bonchev–Trinajstić information content (AvgIpc) is 2.78. The minimum atomic E-state index is -0.614. The summed E-state index contributed by atoms with van der Waals surface area (Å²) in [6.07, 6.45) is 0.428. The van der Waals surface area contributed by atoms with Crippen molar-refractivity contribution in [2.75, 3.05) is 23.0 Å². The molecule has 0 radical (unpaired) electrons. The number of anilines is 2. The van der Waals surface area contributed by atoms with Gasteiger partial charge in [-0.3, -0.25) is 9.59 Å². The van der Waals surface area contributed by atoms with E-state index in [1.165, 1.54) is 0 Å². The first-order valence-electron chi connectivity index (χ1n) is 8.53. The van der Waals surface area contributed by atoms with Crippen molar-refractivity contribution < 1.29 is 19.1 Å². The first-order valence-corrected chi connectivity index (χ1v) is 9.51. The van der Waals surface area contributed by atoms with Crippen molar-refractivity contribution >= 4 is 40.9 Å². The summed E-state index contributed by atoms with van der Waals surface area (Å²) in [6.45, 7) is 3.50. The molecule has 0 unspecified atom stereocenters. The largest absolute Gasteiger partial charge is 0.452 e. The standard InChI is InChI=1S/C20H20N2O4S/c1-12-7-13(2)9-15(8-12)21-19(24)11-26-20(25)14-3-4-17-16(10-14)22-18(23)5-6-27-17/h3-4,7-10H,5-6,11H2,1-2H3,(H,21,24)(H,22,23). The molecule has 27 heavy (non-hydrogen) atoms. The van der Waals surface area contributed by atoms with Crippen molar-refractivity contribution in [3.63, 3.8) is 0 Å². The van der Waals surface area contributed by atoms with E-state index in [0.29, 0.717) is 23.5 Å². The lowest BCUT2D eigenvalue weighted by Crippen LogP contribution is -2.21. The van der Waals surface area contributed by atoms with Crippen LogP contribution >= 0.6 is 11.8 Å². The summed E-state index contributed by atoms with van der Waals surface area (Å²) in [4.78, 5) is 36.9. The predicted molar refractivity (Wildman–Crippen MR) is 105 cm³/mol. The van der Waals surface area contributed by atoms with Gasteiger partial charge in [-0.2, -0.15) is 0 Å². The molecule has 7 heteroatoms. The zero-order valence-corrected chi connectivity index (χ0v) is 15.9. The second-order valence-corrected chi connectivity index (χ2v) is 7.50. The van der Waals surface area contributed by atoms with Gasteiger partial charge in [-0.05, 0) is 55.3 Å². The van der Waals surface area contributed by atoms with E-state index >= 15 is 0 Å². The zero-order valence-electron chi connectivity index (χ0n) is 15.1. The molecule has 1 aliphatic heterocycles. The topological polar surface area (TPSA) is 84.5 Å². The van der Waals surface area contributed by atoms with Gasteiger partial charge in [0.1, 0.15) is 0 Å². The van der Waals surface area contributed by atoms with Gasteiger partial charge in [0.05, 0.1) is 11.3 Å². The van der Waals surface area contributed by atoms with E-state index in [9.17, 15) is 14.4 Å². The molecule has 0 atom stereocenters. The third-order valence-electron chi connectivity index (χ3n) is 3.92. The molecule has 0 spiro atoms. The van der Waals surface area contributed by atoms with Gasteiger partial charge >= 0.3 is 5.97 Å². The van der Waals surface area contributed by atoms with E-state index in [1.54, 1.807) is 30.0 Å². The fourth-order valence-corrected chi connectivity index (χ4v) is 3.74. The van der Waals surface area contributed by atoms with Crippen molar-refractivity contribution in [3.05, 3.63) is 53.1 Å². The number of rotatable bonds is 4. The summed E-state index contributed by atoms with van der Waals surface area (Å²) in [6, 6.07) is 10.7. The Labute approximate surface area is 161 Å². The fraction of sp³-hybridized carbons (Fsp3) is 0.250. The molecule has 2 aromatic rings. The maximum atomic E-state index is 12.2. The molecule has 1 aliphatic rings. The van der Waals surface area contributed by atoms with Crippen LogP contribution in [-0.2, 0) is 14.3 Å². The zero-order chi connectivity index (χ0) is 19.4. The molecule has 1 heterocycles. The van der Waals surface area contributed by atoms with Gasteiger partial charge in [-0.1, -0.05) is 6.07 Å². The SMILES string of the molecule is Cc1cc(C)cc(NC(=O)COC(=O)c2ccc3c(c2)NC(=O)CCS3)c1. The van der Waals surface area contributed by atoms with Crippen LogP contribution in [0.5, 0.6) is 0 Å². The van der Waals surface area contributed by atoms with E-state index < -0.39 is 11.9 Å². The summed E-state index contributed by atoms with van der Waals surface area (Å²) in [5.74, 6) is -0.412. The Kier molecular flexibility index (Phi) is 5.81. The number of nitrogens with one attached hydrogen (secondary N) is 2. The molecule has 3 rings (SSSR count). The molecule has 0 saturated carbocycles. The Balaban J connectivity index is 1.60. The number of esters is 1. The summed E-state index contributed by atoms with van der Waals surface area (Å²) in [7, 11) is 0. The Bertz CT molecular complexity index is 891. The molecule has 0 aliphatic carbocycles. The molecular formula is C20H20N2O4S. The number of carbonyl (C=O) groups excluding carboxylic acids is 3. The number of ether oxygens (including phenoxy) is 1. The minimum Gasteiger partial charge on any atom is -0.452 e. The quantitative estimate of drug-likeness (QED) is 0.788. The maximum Gasteiger partial charge on any atom is 0.338 e. The van der Waals surface area contributed by atoms with E-state index in [4.69, 9.17) is 4.74 Å². The molecule has 0 aromatic heterocycles. The number of hydrogen-bond donors (Lipinski definition) is 2. The van der Waals surface area contributed by atoms with Crippen molar-refractivity contribution in [1.82, 2.24) is 0 Å². The van der Waals surface area contributed by atoms with Gasteiger partial charge in [-0.25, -0.2) is 4.79 Å². The number of thioether (sulfide) groups is 1. The number of hydrogen-bond acceptors (Lipinski definition) is 5. The van der Waals surface area contributed by atoms with Gasteiger partial charge in [0.15, 0.2) is 6.61 Å². The van der Waals surface area contributed by atoms with Crippen molar-refractivity contribution in [2.45, 2.75) is 25.2 Å². The van der Waals surface area contributed by atoms with Crippen LogP contribution in [0.3, 0.4) is 0 Å². The normalized spacial score (nSPS) is 13.2. The highest BCUT2D eigenvalue weighted by atomic mass is 32.2. The smallest absolute Gasteiger partial charge is 0.338 e.